The largest absolute Gasteiger partial charge is 0.381 e. The van der Waals surface area contributed by atoms with Gasteiger partial charge in [0.2, 0.25) is 0 Å². The third-order valence-electron chi connectivity index (χ3n) is 4.11. The molecule has 0 saturated carbocycles. The van der Waals surface area contributed by atoms with Crippen LogP contribution in [-0.2, 0) is 16.7 Å². The molecule has 0 aromatic heterocycles. The molecule has 27 heavy (non-hydrogen) atoms. The molecule has 3 aromatic carbocycles. The summed E-state index contributed by atoms with van der Waals surface area (Å²) in [4.78, 5) is 0.134. The minimum atomic E-state index is -3.84. The first-order valence-electron chi connectivity index (χ1n) is 8.44. The maximum atomic E-state index is 12.3. The van der Waals surface area contributed by atoms with Crippen LogP contribution >= 0.6 is 11.6 Å². The highest BCUT2D eigenvalue weighted by molar-refractivity contribution is 7.87. The Morgan fingerprint density at radius 2 is 1.59 bits per heavy atom. The van der Waals surface area contributed by atoms with E-state index in [9.17, 15) is 8.42 Å². The van der Waals surface area contributed by atoms with E-state index in [1.807, 2.05) is 44.2 Å². The molecular weight excluding hydrogens is 382 g/mol. The number of hydrogen-bond acceptors (Lipinski definition) is 4. The molecule has 3 aromatic rings. The Hall–Kier alpha value is -2.50. The summed E-state index contributed by atoms with van der Waals surface area (Å²) in [6.07, 6.45) is 0. The average Bonchev–Trinajstić information content (AvgIpc) is 2.64. The molecule has 0 aliphatic heterocycles. The molecule has 0 spiro atoms. The number of nitrogens with one attached hydrogen (secondary N) is 1. The van der Waals surface area contributed by atoms with E-state index in [1.54, 1.807) is 24.3 Å². The molecule has 0 heterocycles. The lowest BCUT2D eigenvalue weighted by Gasteiger charge is -2.10. The molecule has 0 saturated heterocycles. The third-order valence-corrected chi connectivity index (χ3v) is 5.78. The maximum Gasteiger partial charge on any atom is 0.339 e. The molecule has 0 amide bonds. The lowest BCUT2D eigenvalue weighted by atomic mass is 10.2. The first-order valence-corrected chi connectivity index (χ1v) is 10.2. The molecule has 0 bridgehead atoms. The lowest BCUT2D eigenvalue weighted by molar-refractivity contribution is 0.486. The topological polar surface area (TPSA) is 55.4 Å². The van der Waals surface area contributed by atoms with Crippen molar-refractivity contribution in [2.75, 3.05) is 5.32 Å². The lowest BCUT2D eigenvalue weighted by Crippen LogP contribution is -2.09. The number of anilines is 1. The van der Waals surface area contributed by atoms with Crippen LogP contribution in [0.1, 0.15) is 16.7 Å². The van der Waals surface area contributed by atoms with Gasteiger partial charge in [0.25, 0.3) is 0 Å². The molecular formula is C21H20ClNO3S. The van der Waals surface area contributed by atoms with Crippen LogP contribution in [0.25, 0.3) is 0 Å². The number of hydrogen-bond donors (Lipinski definition) is 1. The van der Waals surface area contributed by atoms with Gasteiger partial charge in [-0.3, -0.25) is 0 Å². The van der Waals surface area contributed by atoms with Gasteiger partial charge in [-0.1, -0.05) is 47.5 Å². The highest BCUT2D eigenvalue weighted by atomic mass is 35.5. The molecule has 0 aliphatic carbocycles. The normalized spacial score (nSPS) is 11.2. The summed E-state index contributed by atoms with van der Waals surface area (Å²) in [6, 6.07) is 19.3. The van der Waals surface area contributed by atoms with E-state index in [4.69, 9.17) is 15.8 Å². The van der Waals surface area contributed by atoms with E-state index in [-0.39, 0.29) is 10.6 Å². The molecule has 1 N–H and O–H groups in total. The van der Waals surface area contributed by atoms with Crippen LogP contribution in [0.3, 0.4) is 0 Å². The van der Waals surface area contributed by atoms with Crippen molar-refractivity contribution < 1.29 is 12.6 Å². The maximum absolute atomic E-state index is 12.3. The molecule has 0 unspecified atom stereocenters. The second-order valence-electron chi connectivity index (χ2n) is 6.31. The Bertz CT molecular complexity index is 1030. The van der Waals surface area contributed by atoms with Crippen molar-refractivity contribution >= 4 is 27.4 Å². The predicted octanol–water partition coefficient (Wildman–Crippen LogP) is 5.34. The first-order chi connectivity index (χ1) is 12.8. The van der Waals surface area contributed by atoms with Crippen LogP contribution in [-0.4, -0.2) is 8.42 Å². The van der Waals surface area contributed by atoms with Crippen molar-refractivity contribution in [1.82, 2.24) is 0 Å². The third kappa shape index (κ3) is 5.02. The number of benzene rings is 3. The van der Waals surface area contributed by atoms with Crippen LogP contribution in [0.2, 0.25) is 5.02 Å². The van der Waals surface area contributed by atoms with Gasteiger partial charge in [0.1, 0.15) is 10.6 Å². The van der Waals surface area contributed by atoms with E-state index < -0.39 is 10.1 Å². The summed E-state index contributed by atoms with van der Waals surface area (Å²) in [6.45, 7) is 4.44. The van der Waals surface area contributed by atoms with Gasteiger partial charge in [0.05, 0.1) is 0 Å². The predicted molar refractivity (Wildman–Crippen MR) is 109 cm³/mol. The molecule has 0 fully saturated rings. The molecule has 0 atom stereocenters. The highest BCUT2D eigenvalue weighted by Crippen LogP contribution is 2.22. The second-order valence-corrected chi connectivity index (χ2v) is 8.27. The molecule has 3 rings (SSSR count). The quantitative estimate of drug-likeness (QED) is 0.566. The monoisotopic (exact) mass is 401 g/mol. The van der Waals surface area contributed by atoms with E-state index in [0.717, 1.165) is 22.4 Å². The van der Waals surface area contributed by atoms with Gasteiger partial charge in [-0.2, -0.15) is 8.42 Å². The van der Waals surface area contributed by atoms with Crippen LogP contribution in [0.4, 0.5) is 5.69 Å². The Morgan fingerprint density at radius 1 is 0.926 bits per heavy atom. The fraction of sp³-hybridized carbons (Fsp3) is 0.143. The fourth-order valence-electron chi connectivity index (χ4n) is 2.45. The van der Waals surface area contributed by atoms with Crippen LogP contribution in [0.15, 0.2) is 71.6 Å². The molecule has 4 nitrogen and oxygen atoms in total. The SMILES string of the molecule is Cc1ccc(S(=O)(=O)Oc2ccc(CNc3ccc(C)c(Cl)c3)cc2)cc1. The zero-order valence-corrected chi connectivity index (χ0v) is 16.6. The zero-order valence-electron chi connectivity index (χ0n) is 15.1. The number of halogens is 1. The average molecular weight is 402 g/mol. The van der Waals surface area contributed by atoms with Gasteiger partial charge in [-0.05, 0) is 61.4 Å². The van der Waals surface area contributed by atoms with Crippen molar-refractivity contribution in [3.05, 3.63) is 88.4 Å². The van der Waals surface area contributed by atoms with E-state index >= 15 is 0 Å². The highest BCUT2D eigenvalue weighted by Gasteiger charge is 2.16. The van der Waals surface area contributed by atoms with Gasteiger partial charge in [0, 0.05) is 17.3 Å². The standard InChI is InChI=1S/C21H20ClNO3S/c1-15-3-11-20(12-4-15)27(24,25)26-19-9-6-17(7-10-19)14-23-18-8-5-16(2)21(22)13-18/h3-13,23H,14H2,1-2H3. The first kappa shape index (κ1) is 19.3. The van der Waals surface area contributed by atoms with Crippen LogP contribution in [0, 0.1) is 13.8 Å². The van der Waals surface area contributed by atoms with E-state index in [1.165, 1.54) is 12.1 Å². The molecule has 140 valence electrons. The van der Waals surface area contributed by atoms with Crippen molar-refractivity contribution in [1.29, 1.82) is 0 Å². The summed E-state index contributed by atoms with van der Waals surface area (Å²) in [5, 5.41) is 4.00. The Kier molecular flexibility index (Phi) is 5.73. The van der Waals surface area contributed by atoms with Gasteiger partial charge < -0.3 is 9.50 Å². The van der Waals surface area contributed by atoms with E-state index in [2.05, 4.69) is 5.32 Å². The smallest absolute Gasteiger partial charge is 0.339 e. The summed E-state index contributed by atoms with van der Waals surface area (Å²) < 4.78 is 29.9. The molecule has 0 aliphatic rings. The summed E-state index contributed by atoms with van der Waals surface area (Å²) >= 11 is 6.12. The molecule has 6 heteroatoms. The zero-order chi connectivity index (χ0) is 19.4. The van der Waals surface area contributed by atoms with Gasteiger partial charge in [0.15, 0.2) is 0 Å². The van der Waals surface area contributed by atoms with Crippen LogP contribution < -0.4 is 9.50 Å². The minimum Gasteiger partial charge on any atom is -0.381 e. The fourth-order valence-corrected chi connectivity index (χ4v) is 3.56. The van der Waals surface area contributed by atoms with Gasteiger partial charge >= 0.3 is 10.1 Å². The van der Waals surface area contributed by atoms with Crippen molar-refractivity contribution in [3.63, 3.8) is 0 Å². The number of aryl methyl sites for hydroxylation is 2. The number of rotatable bonds is 6. The Labute approximate surface area is 164 Å². The Balaban J connectivity index is 1.64. The van der Waals surface area contributed by atoms with E-state index in [0.29, 0.717) is 11.6 Å². The minimum absolute atomic E-state index is 0.134. The summed E-state index contributed by atoms with van der Waals surface area (Å²) in [7, 11) is -3.84. The molecule has 0 radical (unpaired) electrons. The van der Waals surface area contributed by atoms with Gasteiger partial charge in [-0.25, -0.2) is 0 Å². The van der Waals surface area contributed by atoms with Gasteiger partial charge in [-0.15, -0.1) is 0 Å². The van der Waals surface area contributed by atoms with Crippen molar-refractivity contribution in [2.45, 2.75) is 25.3 Å². The second kappa shape index (κ2) is 8.03. The van der Waals surface area contributed by atoms with Crippen molar-refractivity contribution in [2.24, 2.45) is 0 Å². The van der Waals surface area contributed by atoms with Crippen molar-refractivity contribution in [3.8, 4) is 5.75 Å². The summed E-state index contributed by atoms with van der Waals surface area (Å²) in [5.74, 6) is 0.276. The summed E-state index contributed by atoms with van der Waals surface area (Å²) in [5.41, 5.74) is 3.93. The van der Waals surface area contributed by atoms with Crippen LogP contribution in [0.5, 0.6) is 5.75 Å². The Morgan fingerprint density at radius 3 is 2.22 bits per heavy atom.